The molecule has 5 rings (SSSR count). The topological polar surface area (TPSA) is 87.3 Å². The molecule has 1 N–H and O–H groups in total. The van der Waals surface area contributed by atoms with Gasteiger partial charge >= 0.3 is 0 Å². The van der Waals surface area contributed by atoms with Gasteiger partial charge in [0.15, 0.2) is 5.71 Å². The van der Waals surface area contributed by atoms with Crippen LogP contribution < -0.4 is 10.5 Å². The molecule has 0 bridgehead atoms. The normalized spacial score (nSPS) is 14.5. The van der Waals surface area contributed by atoms with Crippen molar-refractivity contribution < 1.29 is 9.90 Å². The lowest BCUT2D eigenvalue weighted by Gasteiger charge is -2.13. The number of fused-ring (bicyclic) bond motifs is 2. The van der Waals surface area contributed by atoms with Crippen LogP contribution in [0.1, 0.15) is 16.7 Å². The first kappa shape index (κ1) is 20.4. The Morgan fingerprint density at radius 1 is 0.879 bits per heavy atom. The highest BCUT2D eigenvalue weighted by atomic mass is 16.3. The van der Waals surface area contributed by atoms with Gasteiger partial charge in [-0.05, 0) is 31.2 Å². The van der Waals surface area contributed by atoms with E-state index in [4.69, 9.17) is 0 Å². The van der Waals surface area contributed by atoms with Gasteiger partial charge in [0.25, 0.3) is 11.5 Å². The van der Waals surface area contributed by atoms with Crippen LogP contribution in [0.4, 0.5) is 5.69 Å². The summed E-state index contributed by atoms with van der Waals surface area (Å²) in [5.74, 6) is -0.506. The minimum Gasteiger partial charge on any atom is -0.494 e. The van der Waals surface area contributed by atoms with Gasteiger partial charge in [-0.25, -0.2) is 4.57 Å². The van der Waals surface area contributed by atoms with Crippen molar-refractivity contribution in [2.24, 2.45) is 10.2 Å². The van der Waals surface area contributed by atoms with Crippen molar-refractivity contribution in [1.82, 2.24) is 4.57 Å². The Labute approximate surface area is 189 Å². The number of carbonyl (C=O) groups excluding carboxylic acids is 1. The molecule has 0 saturated carbocycles. The number of pyridine rings is 1. The first-order valence-electron chi connectivity index (χ1n) is 10.4. The molecule has 0 spiro atoms. The van der Waals surface area contributed by atoms with Gasteiger partial charge in [-0.2, -0.15) is 5.10 Å². The quantitative estimate of drug-likeness (QED) is 0.391. The van der Waals surface area contributed by atoms with E-state index in [1.165, 1.54) is 15.7 Å². The monoisotopic (exact) mass is 436 g/mol. The number of benzene rings is 3. The van der Waals surface area contributed by atoms with Crippen LogP contribution in [0.25, 0.3) is 16.5 Å². The maximum Gasteiger partial charge on any atom is 0.279 e. The third kappa shape index (κ3) is 3.30. The Morgan fingerprint density at radius 2 is 1.55 bits per heavy atom. The lowest BCUT2D eigenvalue weighted by Crippen LogP contribution is -2.25. The Bertz CT molecular complexity index is 1530. The first-order chi connectivity index (χ1) is 16.0. The van der Waals surface area contributed by atoms with Crippen LogP contribution in [0.2, 0.25) is 0 Å². The van der Waals surface area contributed by atoms with Crippen LogP contribution in [-0.4, -0.2) is 34.6 Å². The largest absolute Gasteiger partial charge is 0.494 e. The van der Waals surface area contributed by atoms with Crippen molar-refractivity contribution in [1.29, 1.82) is 0 Å². The molecule has 0 aliphatic carbocycles. The zero-order valence-corrected chi connectivity index (χ0v) is 18.1. The van der Waals surface area contributed by atoms with Crippen LogP contribution in [0.15, 0.2) is 87.8 Å². The van der Waals surface area contributed by atoms with Gasteiger partial charge in [0.2, 0.25) is 5.88 Å². The van der Waals surface area contributed by atoms with Crippen LogP contribution >= 0.6 is 0 Å². The minimum absolute atomic E-state index is 0.222. The van der Waals surface area contributed by atoms with Crippen molar-refractivity contribution in [2.45, 2.75) is 6.92 Å². The number of aromatic hydroxyl groups is 1. The Morgan fingerprint density at radius 3 is 2.30 bits per heavy atom. The number of hydrogen-bond donors (Lipinski definition) is 1. The molecule has 1 aliphatic heterocycles. The summed E-state index contributed by atoms with van der Waals surface area (Å²) in [4.78, 5) is 27.3. The van der Waals surface area contributed by atoms with Gasteiger partial charge in [-0.1, -0.05) is 54.1 Å². The highest BCUT2D eigenvalue weighted by Gasteiger charge is 2.31. The molecule has 0 atom stereocenters. The molecule has 0 radical (unpaired) electrons. The number of para-hydroxylation sites is 1. The highest BCUT2D eigenvalue weighted by molar-refractivity contribution is 6.54. The van der Waals surface area contributed by atoms with E-state index in [-0.39, 0.29) is 23.1 Å². The fraction of sp³-hybridized carbons (Fsp3) is 0.0769. The molecular weight excluding hydrogens is 416 g/mol. The molecule has 0 unspecified atom stereocenters. The molecule has 3 aromatic carbocycles. The van der Waals surface area contributed by atoms with Crippen LogP contribution in [-0.2, 0) is 4.79 Å². The van der Waals surface area contributed by atoms with E-state index < -0.39 is 0 Å². The Hall–Kier alpha value is -4.52. The average molecular weight is 436 g/mol. The van der Waals surface area contributed by atoms with Crippen molar-refractivity contribution in [3.05, 3.63) is 99.8 Å². The standard InChI is InChI=1S/C26H20N4O3/c1-16-11-13-17(14-12-16)30-24(31)19-8-4-3-7-18(19)21(25(30)32)15-27-28-23-20-9-5-6-10-22(20)29(2)26(23)33/h3-15,32H,1-2H3/b27-15-,28-23?. The molecule has 1 amide bonds. The molecule has 0 saturated heterocycles. The second-order valence-corrected chi connectivity index (χ2v) is 7.83. The van der Waals surface area contributed by atoms with Gasteiger partial charge in [0.05, 0.1) is 23.2 Å². The second kappa shape index (κ2) is 7.87. The van der Waals surface area contributed by atoms with Gasteiger partial charge in [0, 0.05) is 23.4 Å². The molecule has 162 valence electrons. The predicted molar refractivity (Wildman–Crippen MR) is 130 cm³/mol. The number of nitrogens with zero attached hydrogens (tertiary/aromatic N) is 4. The van der Waals surface area contributed by atoms with E-state index in [2.05, 4.69) is 10.2 Å². The van der Waals surface area contributed by atoms with Gasteiger partial charge in [0.1, 0.15) is 0 Å². The minimum atomic E-state index is -0.336. The molecule has 1 aromatic heterocycles. The van der Waals surface area contributed by atoms with Crippen LogP contribution in [0, 0.1) is 6.92 Å². The maximum absolute atomic E-state index is 13.2. The van der Waals surface area contributed by atoms with Gasteiger partial charge in [-0.3, -0.25) is 9.59 Å². The summed E-state index contributed by atoms with van der Waals surface area (Å²) in [6.07, 6.45) is 1.38. The van der Waals surface area contributed by atoms with E-state index in [0.717, 1.165) is 11.3 Å². The average Bonchev–Trinajstić information content (AvgIpc) is 3.07. The number of carbonyl (C=O) groups is 1. The maximum atomic E-state index is 13.2. The van der Waals surface area contributed by atoms with E-state index in [1.807, 2.05) is 43.3 Å². The fourth-order valence-corrected chi connectivity index (χ4v) is 4.01. The zero-order valence-electron chi connectivity index (χ0n) is 18.1. The third-order valence-electron chi connectivity index (χ3n) is 5.77. The third-order valence-corrected chi connectivity index (χ3v) is 5.77. The number of anilines is 1. The van der Waals surface area contributed by atoms with Gasteiger partial charge < -0.3 is 10.0 Å². The Kier molecular flexibility index (Phi) is 4.86. The molecule has 33 heavy (non-hydrogen) atoms. The van der Waals surface area contributed by atoms with E-state index in [0.29, 0.717) is 27.6 Å². The van der Waals surface area contributed by atoms with E-state index >= 15 is 0 Å². The summed E-state index contributed by atoms with van der Waals surface area (Å²) in [5.41, 5.74) is 3.25. The molecule has 1 aliphatic rings. The van der Waals surface area contributed by atoms with Crippen molar-refractivity contribution in [2.75, 3.05) is 11.9 Å². The molecule has 7 heteroatoms. The van der Waals surface area contributed by atoms with Crippen molar-refractivity contribution in [3.8, 4) is 11.6 Å². The lowest BCUT2D eigenvalue weighted by atomic mass is 10.1. The molecule has 7 nitrogen and oxygen atoms in total. The highest BCUT2D eigenvalue weighted by Crippen LogP contribution is 2.28. The lowest BCUT2D eigenvalue weighted by molar-refractivity contribution is -0.111. The molecule has 2 heterocycles. The molecular formula is C26H20N4O3. The summed E-state index contributed by atoms with van der Waals surface area (Å²) >= 11 is 0. The zero-order chi connectivity index (χ0) is 23.1. The SMILES string of the molecule is Cc1ccc(-n2c(O)c(/C=N\N=C3C(=O)N(C)c4ccccc43)c3ccccc3c2=O)cc1. The molecule has 4 aromatic rings. The second-order valence-electron chi connectivity index (χ2n) is 7.83. The number of amides is 1. The Balaban J connectivity index is 1.67. The smallest absolute Gasteiger partial charge is 0.279 e. The number of aryl methyl sites for hydroxylation is 1. The van der Waals surface area contributed by atoms with Crippen LogP contribution in [0.3, 0.4) is 0 Å². The fourth-order valence-electron chi connectivity index (χ4n) is 4.01. The van der Waals surface area contributed by atoms with Crippen molar-refractivity contribution >= 4 is 34.3 Å². The number of rotatable bonds is 3. The first-order valence-corrected chi connectivity index (χ1v) is 10.4. The van der Waals surface area contributed by atoms with Crippen molar-refractivity contribution in [3.63, 3.8) is 0 Å². The van der Waals surface area contributed by atoms with E-state index in [1.54, 1.807) is 43.4 Å². The summed E-state index contributed by atoms with van der Waals surface area (Å²) in [5, 5.41) is 20.4. The number of likely N-dealkylation sites (N-methyl/N-ethyl adjacent to an activating group) is 1. The summed E-state index contributed by atoms with van der Waals surface area (Å²) in [6, 6.07) is 21.6. The summed E-state index contributed by atoms with van der Waals surface area (Å²) in [7, 11) is 1.68. The van der Waals surface area contributed by atoms with E-state index in [9.17, 15) is 14.7 Å². The number of aromatic nitrogens is 1. The molecule has 0 fully saturated rings. The summed E-state index contributed by atoms with van der Waals surface area (Å²) in [6.45, 7) is 1.95. The number of hydrogen-bond acceptors (Lipinski definition) is 5. The van der Waals surface area contributed by atoms with Gasteiger partial charge in [-0.15, -0.1) is 5.10 Å². The van der Waals surface area contributed by atoms with Crippen LogP contribution in [0.5, 0.6) is 5.88 Å². The predicted octanol–water partition coefficient (Wildman–Crippen LogP) is 3.80. The summed E-state index contributed by atoms with van der Waals surface area (Å²) < 4.78 is 1.25.